The molecule has 2 rings (SSSR count). The first-order valence-corrected chi connectivity index (χ1v) is 6.54. The summed E-state index contributed by atoms with van der Waals surface area (Å²) in [6.45, 7) is 0.719. The Kier molecular flexibility index (Phi) is 7.02. The molecule has 9 heteroatoms. The maximum Gasteiger partial charge on any atom is 0.241 e. The second-order valence-electron chi connectivity index (χ2n) is 4.60. The lowest BCUT2D eigenvalue weighted by molar-refractivity contribution is -0.127. The lowest BCUT2D eigenvalue weighted by Gasteiger charge is -2.14. The smallest absolute Gasteiger partial charge is 0.241 e. The number of nitrogens with zero attached hydrogens (tertiary/aromatic N) is 5. The van der Waals surface area contributed by atoms with E-state index in [1.807, 2.05) is 12.1 Å². The molecular weight excluding hydrogens is 397 g/mol. The molecule has 120 valence electrons. The zero-order valence-corrected chi connectivity index (χ0v) is 15.1. The van der Waals surface area contributed by atoms with Crippen molar-refractivity contribution >= 4 is 41.5 Å². The fraction of sp³-hybridized carbons (Fsp3) is 0.385. The summed E-state index contributed by atoms with van der Waals surface area (Å²) in [6.07, 6.45) is 3.44. The highest BCUT2D eigenvalue weighted by Gasteiger charge is 2.06. The van der Waals surface area contributed by atoms with Crippen LogP contribution in [-0.2, 0) is 11.3 Å². The number of aromatic nitrogens is 3. The van der Waals surface area contributed by atoms with Gasteiger partial charge in [0.1, 0.15) is 0 Å². The normalized spacial score (nSPS) is 11.0. The molecule has 0 radical (unpaired) electrons. The molecule has 2 aromatic rings. The molecule has 0 bridgehead atoms. The third-order valence-electron chi connectivity index (χ3n) is 2.93. The summed E-state index contributed by atoms with van der Waals surface area (Å²) in [5.41, 5.74) is 1.74. The van der Waals surface area contributed by atoms with Crippen molar-refractivity contribution in [3.05, 3.63) is 30.2 Å². The number of rotatable bonds is 4. The molecule has 2 heterocycles. The summed E-state index contributed by atoms with van der Waals surface area (Å²) in [7, 11) is 5.09. The molecule has 0 saturated carbocycles. The lowest BCUT2D eigenvalue weighted by atomic mass is 10.4. The Balaban J connectivity index is 0.00000242. The van der Waals surface area contributed by atoms with E-state index in [-0.39, 0.29) is 36.4 Å². The van der Waals surface area contributed by atoms with Gasteiger partial charge in [0.25, 0.3) is 0 Å². The van der Waals surface area contributed by atoms with Gasteiger partial charge < -0.3 is 15.5 Å². The maximum absolute atomic E-state index is 11.5. The van der Waals surface area contributed by atoms with Crippen LogP contribution in [0.2, 0.25) is 0 Å². The average Bonchev–Trinajstić information content (AvgIpc) is 2.96. The molecule has 0 aromatic carbocycles. The van der Waals surface area contributed by atoms with E-state index in [1.54, 1.807) is 38.1 Å². The third-order valence-corrected chi connectivity index (χ3v) is 2.93. The van der Waals surface area contributed by atoms with Crippen LogP contribution in [-0.4, -0.2) is 59.1 Å². The van der Waals surface area contributed by atoms with Crippen LogP contribution >= 0.6 is 24.0 Å². The van der Waals surface area contributed by atoms with E-state index in [2.05, 4.69) is 25.7 Å². The Morgan fingerprint density at radius 3 is 2.77 bits per heavy atom. The first kappa shape index (κ1) is 18.1. The van der Waals surface area contributed by atoms with Crippen LogP contribution in [0.3, 0.4) is 0 Å². The van der Waals surface area contributed by atoms with Gasteiger partial charge in [0, 0.05) is 33.4 Å². The van der Waals surface area contributed by atoms with Crippen molar-refractivity contribution in [3.63, 3.8) is 0 Å². The van der Waals surface area contributed by atoms with Gasteiger partial charge in [-0.25, -0.2) is 9.50 Å². The number of guanidine groups is 1. The monoisotopic (exact) mass is 417 g/mol. The number of fused-ring (bicyclic) bond motifs is 1. The molecular formula is C13H20IN7O. The van der Waals surface area contributed by atoms with Crippen LogP contribution in [0.15, 0.2) is 29.5 Å². The van der Waals surface area contributed by atoms with Gasteiger partial charge in [-0.2, -0.15) is 5.10 Å². The van der Waals surface area contributed by atoms with Crippen LogP contribution in [0, 0.1) is 0 Å². The lowest BCUT2D eigenvalue weighted by Crippen LogP contribution is -2.42. The van der Waals surface area contributed by atoms with E-state index in [4.69, 9.17) is 0 Å². The maximum atomic E-state index is 11.5. The van der Waals surface area contributed by atoms with Gasteiger partial charge >= 0.3 is 0 Å². The number of aliphatic imine (C=N–C) groups is 1. The minimum atomic E-state index is -0.0173. The van der Waals surface area contributed by atoms with Gasteiger partial charge in [-0.15, -0.1) is 24.0 Å². The summed E-state index contributed by atoms with van der Waals surface area (Å²) < 4.78 is 1.76. The van der Waals surface area contributed by atoms with Gasteiger partial charge in [-0.1, -0.05) is 0 Å². The molecule has 0 aliphatic rings. The van der Waals surface area contributed by atoms with Crippen molar-refractivity contribution in [2.75, 3.05) is 27.7 Å². The van der Waals surface area contributed by atoms with E-state index in [0.29, 0.717) is 12.5 Å². The minimum Gasteiger partial charge on any atom is -0.351 e. The molecule has 2 aromatic heterocycles. The number of halogens is 1. The number of carbonyl (C=O) groups excluding carboxylic acids is 1. The highest BCUT2D eigenvalue weighted by molar-refractivity contribution is 14.0. The van der Waals surface area contributed by atoms with Crippen molar-refractivity contribution < 1.29 is 4.79 Å². The van der Waals surface area contributed by atoms with Gasteiger partial charge in [0.05, 0.1) is 25.0 Å². The Hall–Kier alpha value is -1.91. The third kappa shape index (κ3) is 4.55. The molecule has 0 aliphatic heterocycles. The number of likely N-dealkylation sites (N-methyl/N-ethyl adjacent to an activating group) is 1. The summed E-state index contributed by atoms with van der Waals surface area (Å²) in [4.78, 5) is 21.3. The molecule has 0 saturated heterocycles. The van der Waals surface area contributed by atoms with Crippen molar-refractivity contribution in [1.29, 1.82) is 0 Å². The quantitative estimate of drug-likeness (QED) is 0.419. The molecule has 0 unspecified atom stereocenters. The number of hydrogen-bond acceptors (Lipinski definition) is 4. The number of hydrogen-bond donors (Lipinski definition) is 2. The van der Waals surface area contributed by atoms with E-state index in [0.717, 1.165) is 11.3 Å². The second kappa shape index (κ2) is 8.51. The molecule has 1 amide bonds. The molecule has 22 heavy (non-hydrogen) atoms. The molecule has 8 nitrogen and oxygen atoms in total. The van der Waals surface area contributed by atoms with Gasteiger partial charge in [0.2, 0.25) is 5.91 Å². The van der Waals surface area contributed by atoms with Crippen LogP contribution in [0.1, 0.15) is 5.69 Å². The molecule has 0 aliphatic carbocycles. The predicted octanol–water partition coefficient (Wildman–Crippen LogP) is 0.100. The number of nitrogens with one attached hydrogen (secondary N) is 2. The zero-order valence-electron chi connectivity index (χ0n) is 12.8. The Labute approximate surface area is 146 Å². The second-order valence-corrected chi connectivity index (χ2v) is 4.60. The van der Waals surface area contributed by atoms with Crippen molar-refractivity contribution in [2.24, 2.45) is 4.99 Å². The SMILES string of the molecule is CN=C(NCC(=O)N(C)C)NCc1ccnc2ccnn12.I. The van der Waals surface area contributed by atoms with Crippen LogP contribution in [0.5, 0.6) is 0 Å². The molecule has 0 atom stereocenters. The molecule has 0 fully saturated rings. The van der Waals surface area contributed by atoms with E-state index >= 15 is 0 Å². The Morgan fingerprint density at radius 2 is 2.09 bits per heavy atom. The van der Waals surface area contributed by atoms with Crippen LogP contribution < -0.4 is 10.6 Å². The largest absolute Gasteiger partial charge is 0.351 e. The Morgan fingerprint density at radius 1 is 1.32 bits per heavy atom. The fourth-order valence-electron chi connectivity index (χ4n) is 1.73. The first-order valence-electron chi connectivity index (χ1n) is 6.54. The topological polar surface area (TPSA) is 86.9 Å². The highest BCUT2D eigenvalue weighted by Crippen LogP contribution is 2.02. The van der Waals surface area contributed by atoms with E-state index < -0.39 is 0 Å². The van der Waals surface area contributed by atoms with Crippen molar-refractivity contribution in [2.45, 2.75) is 6.54 Å². The number of amides is 1. The van der Waals surface area contributed by atoms with Crippen LogP contribution in [0.25, 0.3) is 5.65 Å². The highest BCUT2D eigenvalue weighted by atomic mass is 127. The average molecular weight is 417 g/mol. The molecule has 2 N–H and O–H groups in total. The van der Waals surface area contributed by atoms with E-state index in [1.165, 1.54) is 4.90 Å². The van der Waals surface area contributed by atoms with E-state index in [9.17, 15) is 4.79 Å². The standard InChI is InChI=1S/C13H19N7O.HI/c1-14-13(17-9-12(21)19(2)3)16-8-10-4-6-15-11-5-7-18-20(10)11;/h4-7H,8-9H2,1-3H3,(H2,14,16,17);1H. The summed E-state index contributed by atoms with van der Waals surface area (Å²) in [5.74, 6) is 0.540. The van der Waals surface area contributed by atoms with Crippen molar-refractivity contribution in [3.8, 4) is 0 Å². The minimum absolute atomic E-state index is 0. The predicted molar refractivity (Wildman–Crippen MR) is 95.3 cm³/mol. The van der Waals surface area contributed by atoms with Gasteiger partial charge in [-0.3, -0.25) is 9.79 Å². The number of carbonyl (C=O) groups is 1. The zero-order chi connectivity index (χ0) is 15.2. The first-order chi connectivity index (χ1) is 10.1. The van der Waals surface area contributed by atoms with Crippen molar-refractivity contribution in [1.82, 2.24) is 30.1 Å². The Bertz CT molecular complexity index is 653. The summed E-state index contributed by atoms with van der Waals surface area (Å²) in [6, 6.07) is 3.72. The van der Waals surface area contributed by atoms with Gasteiger partial charge in [0.15, 0.2) is 11.6 Å². The summed E-state index contributed by atoms with van der Waals surface area (Å²) in [5, 5.41) is 10.3. The van der Waals surface area contributed by atoms with Gasteiger partial charge in [-0.05, 0) is 6.07 Å². The molecule has 0 spiro atoms. The summed E-state index contributed by atoms with van der Waals surface area (Å²) >= 11 is 0. The van der Waals surface area contributed by atoms with Crippen LogP contribution in [0.4, 0.5) is 0 Å². The fourth-order valence-corrected chi connectivity index (χ4v) is 1.73.